The quantitative estimate of drug-likeness (QED) is 0.680. The highest BCUT2D eigenvalue weighted by Crippen LogP contribution is 2.37. The summed E-state index contributed by atoms with van der Waals surface area (Å²) in [6.07, 6.45) is 3.10. The number of nitrogens with one attached hydrogen (secondary N) is 1. The molecule has 2 fully saturated rings. The van der Waals surface area contributed by atoms with E-state index in [4.69, 9.17) is 11.6 Å². The number of amides is 1. The molecule has 168 valence electrons. The van der Waals surface area contributed by atoms with Crippen molar-refractivity contribution < 1.29 is 13.2 Å². The van der Waals surface area contributed by atoms with E-state index >= 15 is 0 Å². The third kappa shape index (κ3) is 4.40. The number of piperidine rings is 1. The maximum absolute atomic E-state index is 13.3. The molecule has 0 bridgehead atoms. The lowest BCUT2D eigenvalue weighted by molar-refractivity contribution is -0.134. The van der Waals surface area contributed by atoms with Gasteiger partial charge in [0.2, 0.25) is 15.9 Å². The van der Waals surface area contributed by atoms with Crippen LogP contribution >= 0.6 is 11.6 Å². The summed E-state index contributed by atoms with van der Waals surface area (Å²) < 4.78 is 27.7. The molecule has 0 radical (unpaired) electrons. The molecule has 0 aliphatic carbocycles. The average molecular weight is 456 g/mol. The Hall–Kier alpha value is -1.15. The van der Waals surface area contributed by atoms with Crippen molar-refractivity contribution in [3.05, 3.63) is 29.3 Å². The fourth-order valence-corrected chi connectivity index (χ4v) is 6.16. The molecule has 0 aromatic heterocycles. The zero-order valence-electron chi connectivity index (χ0n) is 18.4. The highest BCUT2D eigenvalue weighted by molar-refractivity contribution is 7.89. The first kappa shape index (κ1) is 23.5. The summed E-state index contributed by atoms with van der Waals surface area (Å²) in [6, 6.07) is 6.20. The van der Waals surface area contributed by atoms with Gasteiger partial charge in [0.15, 0.2) is 0 Å². The lowest BCUT2D eigenvalue weighted by Crippen LogP contribution is -2.60. The van der Waals surface area contributed by atoms with Crippen molar-refractivity contribution >= 4 is 27.5 Å². The molecule has 2 aliphatic heterocycles. The normalized spacial score (nSPS) is 24.4. The standard InChI is InChI=1S/C22H34ClN3O3S/c1-5-16(3)15-26-21(27)20(17(4)6-2)24-22(26)10-12-25(13-11-22)30(28,29)19-9-7-8-18(23)14-19/h7-9,14,16-17,20,24H,5-6,10-13,15H2,1-4H3/t16-,17+,20+/m0/s1. The summed E-state index contributed by atoms with van der Waals surface area (Å²) in [5.41, 5.74) is -0.463. The first-order valence-corrected chi connectivity index (χ1v) is 12.8. The highest BCUT2D eigenvalue weighted by atomic mass is 35.5. The first-order valence-electron chi connectivity index (χ1n) is 11.0. The number of halogens is 1. The Balaban J connectivity index is 1.82. The molecule has 1 spiro atoms. The maximum Gasteiger partial charge on any atom is 0.243 e. The second-order valence-corrected chi connectivity index (χ2v) is 11.2. The van der Waals surface area contributed by atoms with E-state index in [1.54, 1.807) is 18.2 Å². The number of carbonyl (C=O) groups excluding carboxylic acids is 1. The number of rotatable bonds is 7. The molecule has 3 rings (SSSR count). The Bertz CT molecular complexity index is 868. The van der Waals surface area contributed by atoms with Gasteiger partial charge in [0, 0.05) is 24.7 Å². The van der Waals surface area contributed by atoms with Crippen LogP contribution in [0.3, 0.4) is 0 Å². The number of hydrogen-bond acceptors (Lipinski definition) is 4. The summed E-state index contributed by atoms with van der Waals surface area (Å²) >= 11 is 6.01. The summed E-state index contributed by atoms with van der Waals surface area (Å²) in [5, 5.41) is 4.05. The molecule has 1 amide bonds. The van der Waals surface area contributed by atoms with Crippen LogP contribution < -0.4 is 5.32 Å². The predicted octanol–water partition coefficient (Wildman–Crippen LogP) is 3.71. The third-order valence-corrected chi connectivity index (χ3v) is 8.99. The van der Waals surface area contributed by atoms with Gasteiger partial charge in [0.1, 0.15) is 0 Å². The van der Waals surface area contributed by atoms with E-state index in [2.05, 4.69) is 33.0 Å². The van der Waals surface area contributed by atoms with Gasteiger partial charge in [-0.05, 0) is 42.9 Å². The van der Waals surface area contributed by atoms with Gasteiger partial charge in [0.05, 0.1) is 16.6 Å². The van der Waals surface area contributed by atoms with Crippen LogP contribution in [0.2, 0.25) is 5.02 Å². The number of nitrogens with zero attached hydrogens (tertiary/aromatic N) is 2. The van der Waals surface area contributed by atoms with Crippen molar-refractivity contribution in [3.8, 4) is 0 Å². The predicted molar refractivity (Wildman–Crippen MR) is 120 cm³/mol. The molecule has 0 saturated carbocycles. The summed E-state index contributed by atoms with van der Waals surface area (Å²) in [4.78, 5) is 15.5. The van der Waals surface area contributed by atoms with Crippen molar-refractivity contribution in [1.82, 2.24) is 14.5 Å². The van der Waals surface area contributed by atoms with Crippen LogP contribution in [0, 0.1) is 11.8 Å². The van der Waals surface area contributed by atoms with E-state index < -0.39 is 15.7 Å². The maximum atomic E-state index is 13.3. The second-order valence-electron chi connectivity index (χ2n) is 8.86. The lowest BCUT2D eigenvalue weighted by Gasteiger charge is -2.45. The second kappa shape index (κ2) is 9.15. The number of hydrogen-bond donors (Lipinski definition) is 1. The van der Waals surface area contributed by atoms with Crippen LogP contribution in [0.4, 0.5) is 0 Å². The van der Waals surface area contributed by atoms with Crippen LogP contribution in [0.1, 0.15) is 53.4 Å². The zero-order chi connectivity index (χ0) is 22.1. The zero-order valence-corrected chi connectivity index (χ0v) is 20.0. The van der Waals surface area contributed by atoms with Gasteiger partial charge in [-0.2, -0.15) is 4.31 Å². The van der Waals surface area contributed by atoms with Gasteiger partial charge in [0.25, 0.3) is 0 Å². The molecule has 0 unspecified atom stereocenters. The molecular weight excluding hydrogens is 422 g/mol. The molecule has 8 heteroatoms. The molecule has 1 N–H and O–H groups in total. The third-order valence-electron chi connectivity index (χ3n) is 6.86. The molecule has 1 aromatic carbocycles. The summed E-state index contributed by atoms with van der Waals surface area (Å²) in [6.45, 7) is 9.96. The highest BCUT2D eigenvalue weighted by Gasteiger charge is 2.53. The van der Waals surface area contributed by atoms with E-state index in [0.717, 1.165) is 12.8 Å². The fraction of sp³-hybridized carbons (Fsp3) is 0.682. The van der Waals surface area contributed by atoms with E-state index in [0.29, 0.717) is 43.4 Å². The van der Waals surface area contributed by atoms with E-state index in [9.17, 15) is 13.2 Å². The average Bonchev–Trinajstić information content (AvgIpc) is 2.99. The van der Waals surface area contributed by atoms with Crippen molar-refractivity contribution in [2.24, 2.45) is 11.8 Å². The minimum absolute atomic E-state index is 0.163. The van der Waals surface area contributed by atoms with Gasteiger partial charge >= 0.3 is 0 Å². The molecule has 30 heavy (non-hydrogen) atoms. The van der Waals surface area contributed by atoms with Crippen molar-refractivity contribution in [2.45, 2.75) is 70.0 Å². The van der Waals surface area contributed by atoms with Gasteiger partial charge < -0.3 is 4.90 Å². The summed E-state index contributed by atoms with van der Waals surface area (Å²) in [7, 11) is -3.61. The molecule has 6 nitrogen and oxygen atoms in total. The smallest absolute Gasteiger partial charge is 0.243 e. The number of sulfonamides is 1. The van der Waals surface area contributed by atoms with Gasteiger partial charge in [-0.15, -0.1) is 0 Å². The van der Waals surface area contributed by atoms with Crippen molar-refractivity contribution in [1.29, 1.82) is 0 Å². The Labute approximate surface area is 186 Å². The van der Waals surface area contributed by atoms with E-state index in [1.807, 2.05) is 4.90 Å². The number of carbonyl (C=O) groups is 1. The lowest BCUT2D eigenvalue weighted by atomic mass is 9.95. The monoisotopic (exact) mass is 455 g/mol. The topological polar surface area (TPSA) is 69.7 Å². The molecule has 1 aromatic rings. The molecule has 3 atom stereocenters. The first-order chi connectivity index (χ1) is 14.1. The van der Waals surface area contributed by atoms with Crippen molar-refractivity contribution in [3.63, 3.8) is 0 Å². The molecule has 2 saturated heterocycles. The largest absolute Gasteiger partial charge is 0.323 e. The van der Waals surface area contributed by atoms with Crippen LogP contribution in [0.5, 0.6) is 0 Å². The van der Waals surface area contributed by atoms with Crippen molar-refractivity contribution in [2.75, 3.05) is 19.6 Å². The molecule has 2 aliphatic rings. The van der Waals surface area contributed by atoms with E-state index in [1.165, 1.54) is 10.4 Å². The van der Waals surface area contributed by atoms with Crippen LogP contribution in [0.25, 0.3) is 0 Å². The Morgan fingerprint density at radius 3 is 2.43 bits per heavy atom. The minimum atomic E-state index is -3.61. The van der Waals surface area contributed by atoms with Crippen LogP contribution in [0.15, 0.2) is 29.2 Å². The number of benzene rings is 1. The minimum Gasteiger partial charge on any atom is -0.323 e. The van der Waals surface area contributed by atoms with Gasteiger partial charge in [-0.1, -0.05) is 58.2 Å². The summed E-state index contributed by atoms with van der Waals surface area (Å²) in [5.74, 6) is 0.803. The molecular formula is C22H34ClN3O3S. The van der Waals surface area contributed by atoms with Crippen LogP contribution in [-0.4, -0.2) is 54.9 Å². The van der Waals surface area contributed by atoms with Gasteiger partial charge in [-0.3, -0.25) is 10.1 Å². The van der Waals surface area contributed by atoms with Gasteiger partial charge in [-0.25, -0.2) is 8.42 Å². The Kier molecular flexibility index (Phi) is 7.17. The SMILES string of the molecule is CC[C@H](C)CN1C(=O)[C@@H]([C@H](C)CC)NC12CCN(S(=O)(=O)c1cccc(Cl)c1)CC2. The Morgan fingerprint density at radius 2 is 1.87 bits per heavy atom. The Morgan fingerprint density at radius 1 is 1.20 bits per heavy atom. The fourth-order valence-electron chi connectivity index (χ4n) is 4.42. The molecule has 2 heterocycles. The van der Waals surface area contributed by atoms with E-state index in [-0.39, 0.29) is 22.8 Å². The van der Waals surface area contributed by atoms with Crippen LogP contribution in [-0.2, 0) is 14.8 Å².